The van der Waals surface area contributed by atoms with Gasteiger partial charge in [-0.15, -0.1) is 0 Å². The zero-order valence-electron chi connectivity index (χ0n) is 16.1. The third-order valence-electron chi connectivity index (χ3n) is 5.25. The van der Waals surface area contributed by atoms with Gasteiger partial charge in [-0.05, 0) is 41.0 Å². The van der Waals surface area contributed by atoms with E-state index in [-0.39, 0.29) is 0 Å². The molecule has 0 fully saturated rings. The Labute approximate surface area is 179 Å². The summed E-state index contributed by atoms with van der Waals surface area (Å²) >= 11 is 6.13. The Balaban J connectivity index is 1.48. The van der Waals surface area contributed by atoms with Crippen LogP contribution in [0.3, 0.4) is 0 Å². The lowest BCUT2D eigenvalue weighted by Gasteiger charge is -2.24. The van der Waals surface area contributed by atoms with Crippen molar-refractivity contribution >= 4 is 17.5 Å². The second kappa shape index (κ2) is 7.76. The number of aliphatic imine (C=N–C) groups is 1. The molecular weight excluding hydrogens is 396 g/mol. The lowest BCUT2D eigenvalue weighted by Crippen LogP contribution is -2.31. The Morgan fingerprint density at radius 2 is 1.70 bits per heavy atom. The van der Waals surface area contributed by atoms with Crippen LogP contribution in [0.25, 0.3) is 11.1 Å². The second-order valence-electron chi connectivity index (χ2n) is 7.28. The highest BCUT2D eigenvalue weighted by atomic mass is 35.5. The predicted molar refractivity (Wildman–Crippen MR) is 118 cm³/mol. The number of benzene rings is 3. The first kappa shape index (κ1) is 18.6. The van der Waals surface area contributed by atoms with Crippen molar-refractivity contribution in [2.45, 2.75) is 12.1 Å². The van der Waals surface area contributed by atoms with Crippen molar-refractivity contribution < 1.29 is 4.74 Å². The molecule has 5 nitrogen and oxygen atoms in total. The first-order valence-electron chi connectivity index (χ1n) is 9.69. The monoisotopic (exact) mass is 414 g/mol. The first-order valence-corrected chi connectivity index (χ1v) is 10.1. The van der Waals surface area contributed by atoms with E-state index in [1.807, 2.05) is 54.6 Å². The summed E-state index contributed by atoms with van der Waals surface area (Å²) < 4.78 is 7.89. The largest absolute Gasteiger partial charge is 0.474 e. The fraction of sp³-hybridized carbons (Fsp3) is 0.125. The van der Waals surface area contributed by atoms with E-state index >= 15 is 0 Å². The van der Waals surface area contributed by atoms with Crippen molar-refractivity contribution in [1.29, 1.82) is 0 Å². The summed E-state index contributed by atoms with van der Waals surface area (Å²) in [5.74, 6) is 0.636. The first-order chi connectivity index (χ1) is 14.7. The molecule has 0 saturated carbocycles. The van der Waals surface area contributed by atoms with Crippen LogP contribution in [0.4, 0.5) is 0 Å². The third-order valence-corrected chi connectivity index (χ3v) is 5.49. The van der Waals surface area contributed by atoms with Crippen LogP contribution < -0.4 is 0 Å². The van der Waals surface area contributed by atoms with Crippen molar-refractivity contribution in [2.75, 3.05) is 6.61 Å². The number of aromatic nitrogens is 3. The molecule has 3 aromatic carbocycles. The van der Waals surface area contributed by atoms with Crippen LogP contribution in [0.15, 0.2) is 96.5 Å². The number of hydrogen-bond acceptors (Lipinski definition) is 4. The molecule has 0 aliphatic carbocycles. The molecule has 30 heavy (non-hydrogen) atoms. The maximum Gasteiger partial charge on any atom is 0.217 e. The van der Waals surface area contributed by atoms with Crippen molar-refractivity contribution in [3.05, 3.63) is 108 Å². The van der Waals surface area contributed by atoms with Crippen LogP contribution in [0.2, 0.25) is 5.02 Å². The van der Waals surface area contributed by atoms with E-state index in [9.17, 15) is 0 Å². The van der Waals surface area contributed by atoms with E-state index in [0.29, 0.717) is 19.0 Å². The minimum absolute atomic E-state index is 0.447. The number of hydrogen-bond donors (Lipinski definition) is 0. The van der Waals surface area contributed by atoms with Crippen LogP contribution in [-0.2, 0) is 16.8 Å². The molecule has 1 unspecified atom stereocenters. The van der Waals surface area contributed by atoms with E-state index in [0.717, 1.165) is 27.3 Å². The molecule has 0 saturated heterocycles. The Hall–Kier alpha value is -3.44. The van der Waals surface area contributed by atoms with Crippen LogP contribution in [0.1, 0.15) is 11.1 Å². The fourth-order valence-corrected chi connectivity index (χ4v) is 3.91. The molecule has 0 radical (unpaired) electrons. The average Bonchev–Trinajstić information content (AvgIpc) is 3.46. The standard InChI is InChI=1S/C24H19ClN4O/c25-22-8-4-5-20(13-22)18-9-11-19(12-10-18)23-28-24(15-30-23,14-29-17-26-16-27-29)21-6-2-1-3-7-21/h1-13,16-17H,14-15H2. The smallest absolute Gasteiger partial charge is 0.217 e. The minimum atomic E-state index is -0.546. The summed E-state index contributed by atoms with van der Waals surface area (Å²) in [7, 11) is 0. The van der Waals surface area contributed by atoms with Gasteiger partial charge in [0.2, 0.25) is 5.90 Å². The van der Waals surface area contributed by atoms with E-state index in [1.54, 1.807) is 11.0 Å². The Morgan fingerprint density at radius 3 is 2.43 bits per heavy atom. The van der Waals surface area contributed by atoms with Gasteiger partial charge in [0.15, 0.2) is 0 Å². The van der Waals surface area contributed by atoms with Crippen LogP contribution >= 0.6 is 11.6 Å². The highest BCUT2D eigenvalue weighted by Gasteiger charge is 2.39. The topological polar surface area (TPSA) is 52.3 Å². The molecule has 1 aliphatic heterocycles. The molecule has 1 aliphatic rings. The van der Waals surface area contributed by atoms with Gasteiger partial charge in [-0.1, -0.05) is 66.2 Å². The molecule has 1 atom stereocenters. The zero-order valence-corrected chi connectivity index (χ0v) is 16.9. The lowest BCUT2D eigenvalue weighted by atomic mass is 9.91. The zero-order chi connectivity index (χ0) is 20.4. The highest BCUT2D eigenvalue weighted by Crippen LogP contribution is 2.34. The fourth-order valence-electron chi connectivity index (χ4n) is 3.72. The molecule has 5 rings (SSSR count). The molecule has 1 aromatic heterocycles. The number of halogens is 1. The molecule has 0 amide bonds. The molecule has 2 heterocycles. The predicted octanol–water partition coefficient (Wildman–Crippen LogP) is 4.97. The van der Waals surface area contributed by atoms with Crippen molar-refractivity contribution in [3.8, 4) is 11.1 Å². The summed E-state index contributed by atoms with van der Waals surface area (Å²) in [6.45, 7) is 1.00. The number of rotatable bonds is 5. The van der Waals surface area contributed by atoms with Gasteiger partial charge in [0, 0.05) is 10.6 Å². The second-order valence-corrected chi connectivity index (χ2v) is 7.72. The molecular formula is C24H19ClN4O. The number of nitrogens with zero attached hydrogens (tertiary/aromatic N) is 4. The van der Waals surface area contributed by atoms with Gasteiger partial charge in [-0.3, -0.25) is 4.68 Å². The maximum absolute atomic E-state index is 6.13. The van der Waals surface area contributed by atoms with Gasteiger partial charge >= 0.3 is 0 Å². The Bertz CT molecular complexity index is 1170. The van der Waals surface area contributed by atoms with Gasteiger partial charge in [-0.2, -0.15) is 5.10 Å². The molecule has 0 N–H and O–H groups in total. The summed E-state index contributed by atoms with van der Waals surface area (Å²) in [6, 6.07) is 26.2. The SMILES string of the molecule is Clc1cccc(-c2ccc(C3=NC(Cn4cncn4)(c4ccccc4)CO3)cc2)c1. The quantitative estimate of drug-likeness (QED) is 0.463. The third kappa shape index (κ3) is 3.60. The van der Waals surface area contributed by atoms with Gasteiger partial charge in [0.1, 0.15) is 24.8 Å². The lowest BCUT2D eigenvalue weighted by molar-refractivity contribution is 0.230. The van der Waals surface area contributed by atoms with E-state index in [2.05, 4.69) is 34.3 Å². The molecule has 4 aromatic rings. The normalized spacial score (nSPS) is 18.1. The van der Waals surface area contributed by atoms with E-state index in [4.69, 9.17) is 21.3 Å². The molecule has 0 spiro atoms. The number of ether oxygens (including phenoxy) is 1. The summed E-state index contributed by atoms with van der Waals surface area (Å²) in [4.78, 5) is 9.10. The van der Waals surface area contributed by atoms with Crippen molar-refractivity contribution in [1.82, 2.24) is 14.8 Å². The van der Waals surface area contributed by atoms with E-state index in [1.165, 1.54) is 6.33 Å². The summed E-state index contributed by atoms with van der Waals surface area (Å²) in [5.41, 5.74) is 3.66. The highest BCUT2D eigenvalue weighted by molar-refractivity contribution is 6.30. The Kier molecular flexibility index (Phi) is 4.81. The van der Waals surface area contributed by atoms with Gasteiger partial charge in [0.05, 0.1) is 6.54 Å². The maximum atomic E-state index is 6.13. The summed E-state index contributed by atoms with van der Waals surface area (Å²) in [6.07, 6.45) is 3.24. The molecule has 6 heteroatoms. The molecule has 0 bridgehead atoms. The van der Waals surface area contributed by atoms with Crippen LogP contribution in [0, 0.1) is 0 Å². The Morgan fingerprint density at radius 1 is 0.900 bits per heavy atom. The van der Waals surface area contributed by atoms with Gasteiger partial charge in [0.25, 0.3) is 0 Å². The van der Waals surface area contributed by atoms with Crippen molar-refractivity contribution in [3.63, 3.8) is 0 Å². The summed E-state index contributed by atoms with van der Waals surface area (Å²) in [5, 5.41) is 4.99. The van der Waals surface area contributed by atoms with Crippen molar-refractivity contribution in [2.24, 2.45) is 4.99 Å². The van der Waals surface area contributed by atoms with Gasteiger partial charge < -0.3 is 4.74 Å². The average molecular weight is 415 g/mol. The minimum Gasteiger partial charge on any atom is -0.474 e. The van der Waals surface area contributed by atoms with Crippen LogP contribution in [-0.4, -0.2) is 27.3 Å². The molecule has 148 valence electrons. The van der Waals surface area contributed by atoms with E-state index < -0.39 is 5.54 Å². The van der Waals surface area contributed by atoms with Crippen LogP contribution in [0.5, 0.6) is 0 Å². The van der Waals surface area contributed by atoms with Gasteiger partial charge in [-0.25, -0.2) is 9.98 Å².